The summed E-state index contributed by atoms with van der Waals surface area (Å²) in [6.45, 7) is 2.25. The molecule has 0 amide bonds. The van der Waals surface area contributed by atoms with Crippen LogP contribution in [-0.4, -0.2) is 45.7 Å². The number of aliphatic hydroxyl groups is 2. The molecule has 3 aliphatic rings. The maximum absolute atomic E-state index is 11.6. The molecule has 5 heteroatoms. The zero-order valence-electron chi connectivity index (χ0n) is 18.1. The van der Waals surface area contributed by atoms with Crippen LogP contribution in [0.25, 0.3) is 0 Å². The van der Waals surface area contributed by atoms with Gasteiger partial charge in [0.05, 0.1) is 18.3 Å². The van der Waals surface area contributed by atoms with E-state index in [1.807, 2.05) is 0 Å². The van der Waals surface area contributed by atoms with Gasteiger partial charge in [-0.3, -0.25) is 4.79 Å². The Kier molecular flexibility index (Phi) is 8.32. The minimum atomic E-state index is -0.840. The van der Waals surface area contributed by atoms with Gasteiger partial charge >= 0.3 is 0 Å². The van der Waals surface area contributed by atoms with Crippen molar-refractivity contribution in [3.8, 4) is 0 Å². The third-order valence-corrected chi connectivity index (χ3v) is 6.88. The van der Waals surface area contributed by atoms with Crippen LogP contribution in [0.3, 0.4) is 0 Å². The Morgan fingerprint density at radius 1 is 1.03 bits per heavy atom. The van der Waals surface area contributed by atoms with Gasteiger partial charge in [-0.15, -0.1) is 0 Å². The molecule has 2 spiro atoms. The third-order valence-electron chi connectivity index (χ3n) is 6.88. The first kappa shape index (κ1) is 22.9. The Bertz CT molecular complexity index is 561. The molecule has 0 radical (unpaired) electrons. The highest BCUT2D eigenvalue weighted by molar-refractivity contribution is 5.91. The molecule has 0 unspecified atom stereocenters. The fourth-order valence-corrected chi connectivity index (χ4v) is 5.19. The summed E-state index contributed by atoms with van der Waals surface area (Å²) in [5.74, 6) is -0.895. The van der Waals surface area contributed by atoms with Gasteiger partial charge in [0, 0.05) is 19.3 Å². The van der Waals surface area contributed by atoms with Crippen LogP contribution in [0.1, 0.15) is 103 Å². The molecule has 5 atom stereocenters. The van der Waals surface area contributed by atoms with E-state index in [2.05, 4.69) is 6.92 Å². The minimum absolute atomic E-state index is 0.00444. The molecule has 166 valence electrons. The summed E-state index contributed by atoms with van der Waals surface area (Å²) < 4.78 is 12.7. The van der Waals surface area contributed by atoms with Crippen LogP contribution in [0.2, 0.25) is 0 Å². The molecule has 0 saturated carbocycles. The fourth-order valence-electron chi connectivity index (χ4n) is 5.19. The summed E-state index contributed by atoms with van der Waals surface area (Å²) in [5.41, 5.74) is -0.840. The number of hydrogen-bond acceptors (Lipinski definition) is 5. The quantitative estimate of drug-likeness (QED) is 0.517. The SMILES string of the molecule is CCCCCCCCCCC[C@@H]1C[C@@H](O)C[C@]2(CC[C@]3(C=CC(=O)C[C@H]3O)O2)O1. The van der Waals surface area contributed by atoms with E-state index in [0.717, 1.165) is 12.8 Å². The van der Waals surface area contributed by atoms with Gasteiger partial charge in [-0.25, -0.2) is 0 Å². The van der Waals surface area contributed by atoms with E-state index in [0.29, 0.717) is 25.7 Å². The first-order chi connectivity index (χ1) is 14.0. The summed E-state index contributed by atoms with van der Waals surface area (Å²) >= 11 is 0. The normalized spacial score (nSPS) is 37.1. The van der Waals surface area contributed by atoms with Crippen molar-refractivity contribution in [3.63, 3.8) is 0 Å². The Labute approximate surface area is 175 Å². The number of rotatable bonds is 10. The number of hydrogen-bond donors (Lipinski definition) is 2. The van der Waals surface area contributed by atoms with Crippen molar-refractivity contribution in [1.82, 2.24) is 0 Å². The second-order valence-corrected chi connectivity index (χ2v) is 9.44. The van der Waals surface area contributed by atoms with Crippen LogP contribution >= 0.6 is 0 Å². The molecule has 1 aliphatic carbocycles. The largest absolute Gasteiger partial charge is 0.393 e. The molecule has 2 N–H and O–H groups in total. The lowest BCUT2D eigenvalue weighted by Gasteiger charge is -2.43. The molecule has 29 heavy (non-hydrogen) atoms. The first-order valence-electron chi connectivity index (χ1n) is 11.9. The highest BCUT2D eigenvalue weighted by Crippen LogP contribution is 2.49. The maximum Gasteiger partial charge on any atom is 0.172 e. The minimum Gasteiger partial charge on any atom is -0.393 e. The van der Waals surface area contributed by atoms with Crippen LogP contribution in [0.4, 0.5) is 0 Å². The van der Waals surface area contributed by atoms with Gasteiger partial charge in [-0.1, -0.05) is 64.7 Å². The average molecular weight is 409 g/mol. The summed E-state index contributed by atoms with van der Waals surface area (Å²) in [5, 5.41) is 20.9. The zero-order valence-corrected chi connectivity index (χ0v) is 18.1. The summed E-state index contributed by atoms with van der Waals surface area (Å²) in [6.07, 6.45) is 17.0. The van der Waals surface area contributed by atoms with Gasteiger partial charge in [0.15, 0.2) is 11.6 Å². The molecular weight excluding hydrogens is 368 g/mol. The number of ether oxygens (including phenoxy) is 2. The van der Waals surface area contributed by atoms with Crippen LogP contribution in [0.5, 0.6) is 0 Å². The fraction of sp³-hybridized carbons (Fsp3) is 0.875. The molecule has 2 heterocycles. The standard InChI is InChI=1S/C24H40O5/c1-2-3-4-5-6-7-8-9-10-11-21-16-20(26)18-24(28-21)15-14-23(29-24)13-12-19(25)17-22(23)27/h12-13,20-22,26-27H,2-11,14-18H2,1H3/t20-,21-,22-,23+,24-/m1/s1. The zero-order chi connectivity index (χ0) is 20.7. The highest BCUT2D eigenvalue weighted by atomic mass is 16.7. The van der Waals surface area contributed by atoms with Crippen LogP contribution in [0.15, 0.2) is 12.2 Å². The predicted octanol–water partition coefficient (Wildman–Crippen LogP) is 4.58. The second-order valence-electron chi connectivity index (χ2n) is 9.44. The van der Waals surface area contributed by atoms with Gasteiger partial charge in [0.25, 0.3) is 0 Å². The number of ketones is 1. The van der Waals surface area contributed by atoms with Crippen LogP contribution in [0, 0.1) is 0 Å². The summed E-state index contributed by atoms with van der Waals surface area (Å²) in [4.78, 5) is 11.6. The molecule has 5 nitrogen and oxygen atoms in total. The molecule has 3 rings (SSSR count). The van der Waals surface area contributed by atoms with Crippen molar-refractivity contribution >= 4 is 5.78 Å². The number of unbranched alkanes of at least 4 members (excludes halogenated alkanes) is 8. The van der Waals surface area contributed by atoms with Crippen LogP contribution in [-0.2, 0) is 14.3 Å². The number of carbonyl (C=O) groups excluding carboxylic acids is 1. The van der Waals surface area contributed by atoms with Crippen molar-refractivity contribution < 1.29 is 24.5 Å². The smallest absolute Gasteiger partial charge is 0.172 e. The van der Waals surface area contributed by atoms with E-state index < -0.39 is 23.6 Å². The molecule has 0 aromatic heterocycles. The van der Waals surface area contributed by atoms with Crippen molar-refractivity contribution in [1.29, 1.82) is 0 Å². The van der Waals surface area contributed by atoms with Crippen molar-refractivity contribution in [3.05, 3.63) is 12.2 Å². The molecule has 0 bridgehead atoms. The third kappa shape index (κ3) is 6.13. The molecule has 2 saturated heterocycles. The van der Waals surface area contributed by atoms with Crippen molar-refractivity contribution in [2.45, 2.75) is 133 Å². The number of allylic oxidation sites excluding steroid dienone is 1. The summed E-state index contributed by atoms with van der Waals surface area (Å²) in [6, 6.07) is 0. The van der Waals surface area contributed by atoms with Gasteiger partial charge in [-0.05, 0) is 31.4 Å². The van der Waals surface area contributed by atoms with Crippen molar-refractivity contribution in [2.75, 3.05) is 0 Å². The lowest BCUT2D eigenvalue weighted by molar-refractivity contribution is -0.306. The van der Waals surface area contributed by atoms with E-state index in [1.54, 1.807) is 6.08 Å². The van der Waals surface area contributed by atoms with Crippen LogP contribution < -0.4 is 0 Å². The Morgan fingerprint density at radius 2 is 1.72 bits per heavy atom. The number of carbonyl (C=O) groups is 1. The van der Waals surface area contributed by atoms with Gasteiger partial charge in [0.1, 0.15) is 5.60 Å². The van der Waals surface area contributed by atoms with E-state index >= 15 is 0 Å². The van der Waals surface area contributed by atoms with Gasteiger partial charge in [-0.2, -0.15) is 0 Å². The topological polar surface area (TPSA) is 76.0 Å². The molecule has 2 aliphatic heterocycles. The maximum atomic E-state index is 11.6. The second kappa shape index (κ2) is 10.5. The van der Waals surface area contributed by atoms with E-state index in [9.17, 15) is 15.0 Å². The molecule has 2 fully saturated rings. The lowest BCUT2D eigenvalue weighted by atomic mass is 9.85. The Hall–Kier alpha value is -0.750. The molecule has 0 aromatic carbocycles. The number of aliphatic hydroxyl groups excluding tert-OH is 2. The Balaban J connectivity index is 1.42. The first-order valence-corrected chi connectivity index (χ1v) is 11.9. The van der Waals surface area contributed by atoms with E-state index in [1.165, 1.54) is 57.4 Å². The Morgan fingerprint density at radius 3 is 2.41 bits per heavy atom. The highest BCUT2D eigenvalue weighted by Gasteiger charge is 2.56. The monoisotopic (exact) mass is 408 g/mol. The molecule has 0 aromatic rings. The van der Waals surface area contributed by atoms with E-state index in [4.69, 9.17) is 9.47 Å². The predicted molar refractivity (Wildman–Crippen MR) is 113 cm³/mol. The van der Waals surface area contributed by atoms with Crippen molar-refractivity contribution in [2.24, 2.45) is 0 Å². The van der Waals surface area contributed by atoms with Gasteiger partial charge in [0.2, 0.25) is 0 Å². The summed E-state index contributed by atoms with van der Waals surface area (Å²) in [7, 11) is 0. The van der Waals surface area contributed by atoms with Gasteiger partial charge < -0.3 is 19.7 Å². The lowest BCUT2D eigenvalue weighted by Crippen LogP contribution is -2.51. The average Bonchev–Trinajstić information content (AvgIpc) is 3.02. The molecular formula is C24H40O5. The van der Waals surface area contributed by atoms with E-state index in [-0.39, 0.29) is 18.3 Å².